The van der Waals surface area contributed by atoms with E-state index < -0.39 is 0 Å². The van der Waals surface area contributed by atoms with Crippen LogP contribution in [0.3, 0.4) is 0 Å². The van der Waals surface area contributed by atoms with Crippen molar-refractivity contribution >= 4 is 24.3 Å². The molecule has 0 fully saturated rings. The van der Waals surface area contributed by atoms with Crippen LogP contribution in [0.2, 0.25) is 5.28 Å². The first-order chi connectivity index (χ1) is 6.41. The monoisotopic (exact) mass is 218 g/mol. The summed E-state index contributed by atoms with van der Waals surface area (Å²) in [7, 11) is 5.74. The fourth-order valence-electron chi connectivity index (χ4n) is 1.58. The zero-order chi connectivity index (χ0) is 9.78. The van der Waals surface area contributed by atoms with Gasteiger partial charge in [0.25, 0.3) is 0 Å². The van der Waals surface area contributed by atoms with E-state index in [9.17, 15) is 0 Å². The van der Waals surface area contributed by atoms with Gasteiger partial charge in [0, 0.05) is 0 Å². The van der Waals surface area contributed by atoms with Gasteiger partial charge < -0.3 is 0 Å². The third kappa shape index (κ3) is 12.8. The van der Waals surface area contributed by atoms with Gasteiger partial charge in [-0.05, 0) is 0 Å². The maximum absolute atomic E-state index is 5.74. The van der Waals surface area contributed by atoms with Crippen molar-refractivity contribution in [3.8, 4) is 0 Å². The van der Waals surface area contributed by atoms with Gasteiger partial charge in [0.05, 0.1) is 0 Å². The summed E-state index contributed by atoms with van der Waals surface area (Å²) < 4.78 is 0. The molecule has 78 valence electrons. The van der Waals surface area contributed by atoms with Gasteiger partial charge in [-0.1, -0.05) is 70.0 Å². The molecule has 2 heteroatoms. The van der Waals surface area contributed by atoms with Gasteiger partial charge in [0.2, 0.25) is 0 Å². The van der Waals surface area contributed by atoms with Crippen molar-refractivity contribution in [2.45, 2.75) is 70.0 Å². The molecule has 0 saturated carbocycles. The van der Waals surface area contributed by atoms with Crippen molar-refractivity contribution in [1.29, 1.82) is 0 Å². The highest BCUT2D eigenvalue weighted by Crippen LogP contribution is 2.10. The number of rotatable bonds is 10. The summed E-state index contributed by atoms with van der Waals surface area (Å²) in [6, 6.07) is 0. The highest BCUT2D eigenvalue weighted by atomic mass is 35.6. The minimum Gasteiger partial charge on any atom is -0.267 e. The van der Waals surface area contributed by atoms with Crippen molar-refractivity contribution in [3.05, 3.63) is 0 Å². The van der Waals surface area contributed by atoms with Gasteiger partial charge in [-0.15, -0.1) is 0 Å². The first kappa shape index (κ1) is 13.8. The predicted molar refractivity (Wildman–Crippen MR) is 65.0 cm³/mol. The number of hydrogen-bond donors (Lipinski definition) is 0. The molecule has 0 atom stereocenters. The molecule has 0 amide bonds. The lowest BCUT2D eigenvalue weighted by Crippen LogP contribution is -1.82. The van der Waals surface area contributed by atoms with E-state index in [0.717, 1.165) is 0 Å². The fraction of sp³-hybridized carbons (Fsp3) is 1.00. The molecular weight excluding hydrogens is 195 g/mol. The second-order valence-electron chi connectivity index (χ2n) is 3.87. The van der Waals surface area contributed by atoms with Crippen LogP contribution in [-0.2, 0) is 0 Å². The highest BCUT2D eigenvalue weighted by Gasteiger charge is 1.92. The summed E-state index contributed by atoms with van der Waals surface area (Å²) in [5.74, 6) is 0. The summed E-state index contributed by atoms with van der Waals surface area (Å²) in [5, 5.41) is 1.34. The van der Waals surface area contributed by atoms with Gasteiger partial charge in [-0.25, -0.2) is 0 Å². The van der Waals surface area contributed by atoms with Crippen LogP contribution in [0.5, 0.6) is 0 Å². The summed E-state index contributed by atoms with van der Waals surface area (Å²) in [5.41, 5.74) is 0. The van der Waals surface area contributed by atoms with Crippen LogP contribution in [0.1, 0.15) is 64.7 Å². The lowest BCUT2D eigenvalue weighted by Gasteiger charge is -2.00. The Balaban J connectivity index is 2.76. The van der Waals surface area contributed by atoms with E-state index in [4.69, 9.17) is 10.0 Å². The van der Waals surface area contributed by atoms with Crippen molar-refractivity contribution in [2.75, 3.05) is 0 Å². The zero-order valence-electron chi connectivity index (χ0n) is 9.16. The van der Waals surface area contributed by atoms with Crippen molar-refractivity contribution < 1.29 is 0 Å². The van der Waals surface area contributed by atoms with Crippen molar-refractivity contribution in [3.63, 3.8) is 0 Å². The Hall–Kier alpha value is 0.822. The molecule has 13 heavy (non-hydrogen) atoms. The van der Waals surface area contributed by atoms with Gasteiger partial charge >= 0.3 is 14.3 Å². The Morgan fingerprint density at radius 2 is 1.23 bits per heavy atom. The molecule has 0 unspecified atom stereocenters. The molecule has 0 N–H and O–H groups in total. The summed E-state index contributed by atoms with van der Waals surface area (Å²) in [4.78, 5) is 0. The van der Waals surface area contributed by atoms with E-state index in [1.165, 1.54) is 63.1 Å². The van der Waals surface area contributed by atoms with Crippen molar-refractivity contribution in [2.24, 2.45) is 0 Å². The molecule has 0 spiro atoms. The van der Waals surface area contributed by atoms with E-state index in [2.05, 4.69) is 6.92 Å². The Kier molecular flexibility index (Phi) is 13.6. The Morgan fingerprint density at radius 3 is 1.69 bits per heavy atom. The van der Waals surface area contributed by atoms with Crippen LogP contribution >= 0.6 is 10.0 Å². The maximum Gasteiger partial charge on any atom is 0.376 e. The van der Waals surface area contributed by atoms with E-state index >= 15 is 0 Å². The molecule has 0 aliphatic rings. The second kappa shape index (κ2) is 12.8. The quantitative estimate of drug-likeness (QED) is 0.374. The van der Waals surface area contributed by atoms with Gasteiger partial charge in [0.1, 0.15) is 0 Å². The fourth-order valence-corrected chi connectivity index (χ4v) is 2.69. The molecule has 0 aromatic carbocycles. The topological polar surface area (TPSA) is 0 Å². The van der Waals surface area contributed by atoms with Crippen LogP contribution in [0.25, 0.3) is 0 Å². The third-order valence-electron chi connectivity index (χ3n) is 2.49. The van der Waals surface area contributed by atoms with Crippen LogP contribution in [0.15, 0.2) is 0 Å². The SMILES string of the molecule is CCCCCCCCCC[CH2][AlH][Cl]. The lowest BCUT2D eigenvalue weighted by molar-refractivity contribution is 0.572. The smallest absolute Gasteiger partial charge is 0.267 e. The van der Waals surface area contributed by atoms with Crippen LogP contribution in [0.4, 0.5) is 0 Å². The first-order valence-corrected chi connectivity index (χ1v) is 9.11. The number of halogens is 1. The maximum atomic E-state index is 5.74. The van der Waals surface area contributed by atoms with E-state index in [1.807, 2.05) is 0 Å². The average molecular weight is 219 g/mol. The third-order valence-corrected chi connectivity index (χ3v) is 4.06. The average Bonchev–Trinajstić information content (AvgIpc) is 2.16. The standard InChI is InChI=1S/C11H23.Al.ClH.H/c1-3-5-7-9-11-10-8-6-4-2;;;/h1,3-11H2,2H3;;1H;/q;+1;;/p-1. The predicted octanol–water partition coefficient (Wildman–Crippen LogP) is 4.53. The summed E-state index contributed by atoms with van der Waals surface area (Å²) in [6.07, 6.45) is 12.9. The minimum atomic E-state index is -0.165. The van der Waals surface area contributed by atoms with Gasteiger partial charge in [-0.3, -0.25) is 10.0 Å². The molecule has 0 saturated heterocycles. The molecular formula is C11H24AlCl. The van der Waals surface area contributed by atoms with Gasteiger partial charge in [-0.2, -0.15) is 0 Å². The van der Waals surface area contributed by atoms with Crippen molar-refractivity contribution in [1.82, 2.24) is 0 Å². The molecule has 0 aliphatic carbocycles. The van der Waals surface area contributed by atoms with Crippen LogP contribution in [0, 0.1) is 0 Å². The Bertz CT molecular complexity index is 76.2. The number of hydrogen-bond acceptors (Lipinski definition) is 0. The molecule has 0 bridgehead atoms. The number of unbranched alkanes of at least 4 members (excludes halogenated alkanes) is 8. The van der Waals surface area contributed by atoms with Gasteiger partial charge in [0.15, 0.2) is 0 Å². The molecule has 0 rings (SSSR count). The van der Waals surface area contributed by atoms with E-state index in [0.29, 0.717) is 0 Å². The minimum absolute atomic E-state index is 0.165. The molecule has 0 nitrogen and oxygen atoms in total. The largest absolute Gasteiger partial charge is 0.376 e. The lowest BCUT2D eigenvalue weighted by atomic mass is 10.1. The molecule has 0 aromatic rings. The highest BCUT2D eigenvalue weighted by molar-refractivity contribution is 6.93. The van der Waals surface area contributed by atoms with Crippen LogP contribution < -0.4 is 0 Å². The van der Waals surface area contributed by atoms with E-state index in [1.54, 1.807) is 0 Å². The Morgan fingerprint density at radius 1 is 0.769 bits per heavy atom. The summed E-state index contributed by atoms with van der Waals surface area (Å²) in [6.45, 7) is 2.27. The molecule has 0 radical (unpaired) electrons. The molecule has 0 heterocycles. The second-order valence-corrected chi connectivity index (χ2v) is 6.09. The summed E-state index contributed by atoms with van der Waals surface area (Å²) >= 11 is -0.165. The van der Waals surface area contributed by atoms with E-state index in [-0.39, 0.29) is 14.3 Å². The normalized spacial score (nSPS) is 10.3. The zero-order valence-corrected chi connectivity index (χ0v) is 11.3. The Labute approximate surface area is 94.4 Å². The molecule has 0 aliphatic heterocycles. The first-order valence-electron chi connectivity index (χ1n) is 5.97. The van der Waals surface area contributed by atoms with Crippen LogP contribution in [-0.4, -0.2) is 14.3 Å². The molecule has 0 aromatic heterocycles.